The minimum Gasteiger partial charge on any atom is -0.236 e. The number of aromatic nitrogens is 1. The molecule has 0 aliphatic carbocycles. The molecule has 0 unspecified atom stereocenters. The van der Waals surface area contributed by atoms with Crippen LogP contribution in [0.5, 0.6) is 0 Å². The van der Waals surface area contributed by atoms with Crippen LogP contribution >= 0.6 is 28.3 Å². The molecule has 0 N–H and O–H groups in total. The van der Waals surface area contributed by atoms with Gasteiger partial charge in [0, 0.05) is 16.5 Å². The number of rotatable bonds is 2. The van der Waals surface area contributed by atoms with Gasteiger partial charge in [0.05, 0.1) is 5.69 Å². The predicted octanol–water partition coefficient (Wildman–Crippen LogP) is 5.50. The van der Waals surface area contributed by atoms with Crippen molar-refractivity contribution in [2.75, 3.05) is 0 Å². The van der Waals surface area contributed by atoms with Gasteiger partial charge in [-0.25, -0.2) is 9.37 Å². The quantitative estimate of drug-likeness (QED) is 0.594. The Morgan fingerprint density at radius 2 is 1.70 bits per heavy atom. The van der Waals surface area contributed by atoms with Gasteiger partial charge in [-0.05, 0) is 19.1 Å². The molecule has 0 amide bonds. The fraction of sp³-hybridized carbons (Fsp3) is 0.0625. The molecule has 102 valence electrons. The number of thiazole rings is 1. The standard InChI is InChI=1S/C16H12FNS.BrH/c1-11-6-8-12(9-7-11)16-18-15(10-19-16)13-4-2-3-5-14(13)17;/h2-10H,1H3;1H. The van der Waals surface area contributed by atoms with E-state index in [-0.39, 0.29) is 22.8 Å². The molecule has 1 aromatic heterocycles. The van der Waals surface area contributed by atoms with Gasteiger partial charge in [-0.1, -0.05) is 42.0 Å². The predicted molar refractivity (Wildman–Crippen MR) is 88.0 cm³/mol. The maximum Gasteiger partial charge on any atom is 0.132 e. The molecule has 0 spiro atoms. The zero-order valence-corrected chi connectivity index (χ0v) is 13.4. The average molecular weight is 350 g/mol. The molecule has 0 radical (unpaired) electrons. The van der Waals surface area contributed by atoms with Crippen molar-refractivity contribution in [3.8, 4) is 21.8 Å². The van der Waals surface area contributed by atoms with Crippen molar-refractivity contribution in [2.45, 2.75) is 6.92 Å². The van der Waals surface area contributed by atoms with Gasteiger partial charge in [0.2, 0.25) is 0 Å². The number of nitrogens with zero attached hydrogens (tertiary/aromatic N) is 1. The molecular weight excluding hydrogens is 337 g/mol. The highest BCUT2D eigenvalue weighted by Crippen LogP contribution is 2.30. The number of hydrogen-bond donors (Lipinski definition) is 0. The van der Waals surface area contributed by atoms with Gasteiger partial charge < -0.3 is 0 Å². The first-order valence-corrected chi connectivity index (χ1v) is 6.89. The van der Waals surface area contributed by atoms with Crippen molar-refractivity contribution in [3.05, 3.63) is 65.3 Å². The van der Waals surface area contributed by atoms with Crippen LogP contribution in [0, 0.1) is 12.7 Å². The summed E-state index contributed by atoms with van der Waals surface area (Å²) in [5, 5.41) is 2.81. The molecule has 0 aliphatic heterocycles. The summed E-state index contributed by atoms with van der Waals surface area (Å²) in [7, 11) is 0. The SMILES string of the molecule is Br.Cc1ccc(-c2nc(-c3ccccc3F)cs2)cc1. The summed E-state index contributed by atoms with van der Waals surface area (Å²) in [6.45, 7) is 2.05. The van der Waals surface area contributed by atoms with Crippen LogP contribution in [0.25, 0.3) is 21.8 Å². The van der Waals surface area contributed by atoms with Gasteiger partial charge in [0.15, 0.2) is 0 Å². The number of hydrogen-bond acceptors (Lipinski definition) is 2. The fourth-order valence-electron chi connectivity index (χ4n) is 1.90. The first-order valence-electron chi connectivity index (χ1n) is 6.01. The maximum atomic E-state index is 13.7. The van der Waals surface area contributed by atoms with Gasteiger partial charge in [-0.15, -0.1) is 28.3 Å². The zero-order valence-electron chi connectivity index (χ0n) is 10.8. The molecule has 1 nitrogen and oxygen atoms in total. The van der Waals surface area contributed by atoms with E-state index >= 15 is 0 Å². The monoisotopic (exact) mass is 349 g/mol. The summed E-state index contributed by atoms with van der Waals surface area (Å²) in [6.07, 6.45) is 0. The molecule has 0 saturated carbocycles. The van der Waals surface area contributed by atoms with Crippen LogP contribution < -0.4 is 0 Å². The molecule has 3 aromatic rings. The summed E-state index contributed by atoms with van der Waals surface area (Å²) in [5.41, 5.74) is 3.53. The lowest BCUT2D eigenvalue weighted by Gasteiger charge is -1.99. The van der Waals surface area contributed by atoms with E-state index < -0.39 is 0 Å². The largest absolute Gasteiger partial charge is 0.236 e. The van der Waals surface area contributed by atoms with Crippen molar-refractivity contribution in [2.24, 2.45) is 0 Å². The molecule has 3 rings (SSSR count). The van der Waals surface area contributed by atoms with Gasteiger partial charge in [0.1, 0.15) is 10.8 Å². The first kappa shape index (κ1) is 14.9. The molecule has 1 heterocycles. The zero-order chi connectivity index (χ0) is 13.2. The molecule has 4 heteroatoms. The van der Waals surface area contributed by atoms with E-state index in [1.165, 1.54) is 23.0 Å². The van der Waals surface area contributed by atoms with E-state index in [0.717, 1.165) is 10.6 Å². The molecule has 0 fully saturated rings. The minimum atomic E-state index is -0.233. The summed E-state index contributed by atoms with van der Waals surface area (Å²) in [5.74, 6) is -0.233. The van der Waals surface area contributed by atoms with Gasteiger partial charge in [-0.2, -0.15) is 0 Å². The highest BCUT2D eigenvalue weighted by molar-refractivity contribution is 8.93. The lowest BCUT2D eigenvalue weighted by molar-refractivity contribution is 0.631. The summed E-state index contributed by atoms with van der Waals surface area (Å²) in [4.78, 5) is 4.52. The summed E-state index contributed by atoms with van der Waals surface area (Å²) >= 11 is 1.53. The Labute approximate surface area is 131 Å². The van der Waals surface area contributed by atoms with E-state index in [1.54, 1.807) is 12.1 Å². The molecular formula is C16H13BrFNS. The second-order valence-electron chi connectivity index (χ2n) is 4.38. The van der Waals surface area contributed by atoms with Crippen LogP contribution in [0.2, 0.25) is 0 Å². The van der Waals surface area contributed by atoms with E-state index in [0.29, 0.717) is 11.3 Å². The second-order valence-corrected chi connectivity index (χ2v) is 5.24. The summed E-state index contributed by atoms with van der Waals surface area (Å²) in [6, 6.07) is 14.9. The third kappa shape index (κ3) is 2.97. The summed E-state index contributed by atoms with van der Waals surface area (Å²) < 4.78 is 13.7. The average Bonchev–Trinajstić information content (AvgIpc) is 2.89. The smallest absolute Gasteiger partial charge is 0.132 e. The molecule has 20 heavy (non-hydrogen) atoms. The van der Waals surface area contributed by atoms with Crippen molar-refractivity contribution >= 4 is 28.3 Å². The fourth-order valence-corrected chi connectivity index (χ4v) is 2.72. The Hall–Kier alpha value is -1.52. The van der Waals surface area contributed by atoms with Crippen molar-refractivity contribution < 1.29 is 4.39 Å². The highest BCUT2D eigenvalue weighted by Gasteiger charge is 2.09. The van der Waals surface area contributed by atoms with Crippen LogP contribution in [0.1, 0.15) is 5.56 Å². The number of aryl methyl sites for hydroxylation is 1. The van der Waals surface area contributed by atoms with Gasteiger partial charge >= 0.3 is 0 Å². The van der Waals surface area contributed by atoms with Crippen LogP contribution in [0.4, 0.5) is 4.39 Å². The number of benzene rings is 2. The third-order valence-corrected chi connectivity index (χ3v) is 3.84. The van der Waals surface area contributed by atoms with Gasteiger partial charge in [0.25, 0.3) is 0 Å². The van der Waals surface area contributed by atoms with Crippen molar-refractivity contribution in [1.29, 1.82) is 0 Å². The molecule has 0 saturated heterocycles. The van der Waals surface area contributed by atoms with Crippen LogP contribution in [0.15, 0.2) is 53.9 Å². The Morgan fingerprint density at radius 3 is 2.40 bits per heavy atom. The Morgan fingerprint density at radius 1 is 1.00 bits per heavy atom. The normalized spacial score (nSPS) is 10.1. The van der Waals surface area contributed by atoms with Crippen molar-refractivity contribution in [3.63, 3.8) is 0 Å². The minimum absolute atomic E-state index is 0. The van der Waals surface area contributed by atoms with Crippen molar-refractivity contribution in [1.82, 2.24) is 4.98 Å². The van der Waals surface area contributed by atoms with E-state index in [4.69, 9.17) is 0 Å². The molecule has 2 aromatic carbocycles. The first-order chi connectivity index (χ1) is 9.24. The lowest BCUT2D eigenvalue weighted by Crippen LogP contribution is -1.84. The van der Waals surface area contributed by atoms with Crippen LogP contribution in [-0.2, 0) is 0 Å². The highest BCUT2D eigenvalue weighted by atomic mass is 79.9. The topological polar surface area (TPSA) is 12.9 Å². The Balaban J connectivity index is 0.00000147. The van der Waals surface area contributed by atoms with E-state index in [2.05, 4.69) is 24.0 Å². The molecule has 0 bridgehead atoms. The third-order valence-electron chi connectivity index (χ3n) is 2.95. The Bertz CT molecular complexity index is 707. The molecule has 0 aliphatic rings. The van der Waals surface area contributed by atoms with Gasteiger partial charge in [-0.3, -0.25) is 0 Å². The van der Waals surface area contributed by atoms with Crippen LogP contribution in [0.3, 0.4) is 0 Å². The maximum absolute atomic E-state index is 13.7. The lowest BCUT2D eigenvalue weighted by atomic mass is 10.1. The molecule has 0 atom stereocenters. The second kappa shape index (κ2) is 6.29. The number of halogens is 2. The van der Waals surface area contributed by atoms with Crippen LogP contribution in [-0.4, -0.2) is 4.98 Å². The van der Waals surface area contributed by atoms with E-state index in [1.807, 2.05) is 23.6 Å². The van der Waals surface area contributed by atoms with E-state index in [9.17, 15) is 4.39 Å². The Kier molecular flexibility index (Phi) is 4.68.